The molecule has 1 N–H and O–H groups in total. The van der Waals surface area contributed by atoms with Crippen molar-refractivity contribution in [3.8, 4) is 11.5 Å². The first-order chi connectivity index (χ1) is 14.1. The van der Waals surface area contributed by atoms with Crippen LogP contribution in [-0.2, 0) is 9.53 Å². The molecule has 2 heterocycles. The SMILES string of the molecule is COCC1=NN(c2ccc(C(=O)O)cc2)C(=O)/C1=C\c1ccc2c(c1)OCCO2. The highest BCUT2D eigenvalue weighted by molar-refractivity contribution is 6.33. The Hall–Kier alpha value is -3.65. The molecule has 29 heavy (non-hydrogen) atoms. The lowest BCUT2D eigenvalue weighted by Crippen LogP contribution is -2.21. The first-order valence-electron chi connectivity index (χ1n) is 8.93. The van der Waals surface area contributed by atoms with Gasteiger partial charge in [0.15, 0.2) is 11.5 Å². The van der Waals surface area contributed by atoms with E-state index in [0.29, 0.717) is 41.7 Å². The van der Waals surface area contributed by atoms with Crippen LogP contribution in [-0.4, -0.2) is 49.6 Å². The maximum atomic E-state index is 13.0. The van der Waals surface area contributed by atoms with Gasteiger partial charge in [0.1, 0.15) is 13.2 Å². The minimum Gasteiger partial charge on any atom is -0.486 e. The van der Waals surface area contributed by atoms with Crippen molar-refractivity contribution >= 4 is 29.4 Å². The number of carbonyl (C=O) groups is 2. The number of fused-ring (bicyclic) bond motifs is 1. The van der Waals surface area contributed by atoms with E-state index in [1.807, 2.05) is 12.1 Å². The first-order valence-corrected chi connectivity index (χ1v) is 8.93. The minimum atomic E-state index is -1.04. The first kappa shape index (κ1) is 18.7. The minimum absolute atomic E-state index is 0.133. The molecule has 2 aliphatic heterocycles. The number of rotatable bonds is 5. The molecule has 0 spiro atoms. The third kappa shape index (κ3) is 3.70. The fourth-order valence-electron chi connectivity index (χ4n) is 3.08. The Morgan fingerprint density at radius 3 is 2.59 bits per heavy atom. The largest absolute Gasteiger partial charge is 0.486 e. The average molecular weight is 394 g/mol. The highest BCUT2D eigenvalue weighted by Gasteiger charge is 2.31. The van der Waals surface area contributed by atoms with Gasteiger partial charge in [-0.05, 0) is 48.0 Å². The Morgan fingerprint density at radius 1 is 1.17 bits per heavy atom. The van der Waals surface area contributed by atoms with Crippen LogP contribution in [0.25, 0.3) is 6.08 Å². The summed E-state index contributed by atoms with van der Waals surface area (Å²) in [7, 11) is 1.53. The zero-order valence-corrected chi connectivity index (χ0v) is 15.6. The summed E-state index contributed by atoms with van der Waals surface area (Å²) in [6.45, 7) is 1.14. The third-order valence-corrected chi connectivity index (χ3v) is 4.47. The third-order valence-electron chi connectivity index (χ3n) is 4.47. The number of carboxylic acids is 1. The van der Waals surface area contributed by atoms with Crippen molar-refractivity contribution in [2.45, 2.75) is 0 Å². The van der Waals surface area contributed by atoms with E-state index in [2.05, 4.69) is 5.10 Å². The second-order valence-electron chi connectivity index (χ2n) is 6.41. The molecule has 0 aromatic heterocycles. The molecule has 0 bridgehead atoms. The lowest BCUT2D eigenvalue weighted by atomic mass is 10.1. The Bertz CT molecular complexity index is 1030. The Morgan fingerprint density at radius 2 is 1.90 bits per heavy atom. The van der Waals surface area contributed by atoms with Gasteiger partial charge >= 0.3 is 5.97 Å². The summed E-state index contributed by atoms with van der Waals surface area (Å²) in [5.41, 5.74) is 2.25. The van der Waals surface area contributed by atoms with Gasteiger partial charge in [0, 0.05) is 7.11 Å². The molecular weight excluding hydrogens is 376 g/mol. The van der Waals surface area contributed by atoms with Crippen LogP contribution in [0.1, 0.15) is 15.9 Å². The molecule has 8 nitrogen and oxygen atoms in total. The predicted molar refractivity (Wildman–Crippen MR) is 106 cm³/mol. The maximum Gasteiger partial charge on any atom is 0.335 e. The lowest BCUT2D eigenvalue weighted by molar-refractivity contribution is -0.114. The van der Waals surface area contributed by atoms with E-state index >= 15 is 0 Å². The van der Waals surface area contributed by atoms with Gasteiger partial charge < -0.3 is 19.3 Å². The van der Waals surface area contributed by atoms with E-state index < -0.39 is 5.97 Å². The molecule has 2 aliphatic rings. The van der Waals surface area contributed by atoms with Gasteiger partial charge in [-0.25, -0.2) is 4.79 Å². The predicted octanol–water partition coefficient (Wildman–Crippen LogP) is 2.59. The molecule has 0 aliphatic carbocycles. The molecule has 2 aromatic rings. The molecule has 0 radical (unpaired) electrons. The number of benzene rings is 2. The number of carbonyl (C=O) groups excluding carboxylic acids is 1. The average Bonchev–Trinajstić information content (AvgIpc) is 3.04. The fraction of sp³-hybridized carbons (Fsp3) is 0.190. The summed E-state index contributed by atoms with van der Waals surface area (Å²) in [5, 5.41) is 14.7. The van der Waals surface area contributed by atoms with Crippen LogP contribution in [0.3, 0.4) is 0 Å². The number of hydrazone groups is 1. The number of amides is 1. The van der Waals surface area contributed by atoms with E-state index in [1.165, 1.54) is 24.3 Å². The van der Waals surface area contributed by atoms with Gasteiger partial charge in [-0.1, -0.05) is 6.07 Å². The highest BCUT2D eigenvalue weighted by atomic mass is 16.6. The molecule has 0 saturated heterocycles. The summed E-state index contributed by atoms with van der Waals surface area (Å²) in [6.07, 6.45) is 1.73. The summed E-state index contributed by atoms with van der Waals surface area (Å²) in [4.78, 5) is 24.1. The van der Waals surface area contributed by atoms with Gasteiger partial charge in [0.05, 0.1) is 29.1 Å². The second-order valence-corrected chi connectivity index (χ2v) is 6.41. The van der Waals surface area contributed by atoms with Crippen LogP contribution >= 0.6 is 0 Å². The van der Waals surface area contributed by atoms with Crippen LogP contribution < -0.4 is 14.5 Å². The zero-order chi connectivity index (χ0) is 20.4. The number of methoxy groups -OCH3 is 1. The summed E-state index contributed by atoms with van der Waals surface area (Å²) in [6, 6.07) is 11.4. The van der Waals surface area contributed by atoms with Crippen molar-refractivity contribution in [1.82, 2.24) is 0 Å². The molecule has 0 atom stereocenters. The Labute approximate surface area is 166 Å². The molecular formula is C21H18N2O6. The second kappa shape index (κ2) is 7.76. The molecule has 0 saturated carbocycles. The molecule has 8 heteroatoms. The number of anilines is 1. The molecule has 0 fully saturated rings. The monoisotopic (exact) mass is 394 g/mol. The Kier molecular flexibility index (Phi) is 5.01. The van der Waals surface area contributed by atoms with Crippen molar-refractivity contribution in [3.05, 3.63) is 59.2 Å². The number of hydrogen-bond acceptors (Lipinski definition) is 6. The van der Waals surface area contributed by atoms with E-state index in [1.54, 1.807) is 24.3 Å². The van der Waals surface area contributed by atoms with Gasteiger partial charge in [0.25, 0.3) is 5.91 Å². The van der Waals surface area contributed by atoms with E-state index in [9.17, 15) is 9.59 Å². The summed E-state index contributed by atoms with van der Waals surface area (Å²) >= 11 is 0. The van der Waals surface area contributed by atoms with E-state index in [0.717, 1.165) is 5.56 Å². The van der Waals surface area contributed by atoms with E-state index in [4.69, 9.17) is 19.3 Å². The normalized spacial score (nSPS) is 16.9. The highest BCUT2D eigenvalue weighted by Crippen LogP contribution is 2.32. The van der Waals surface area contributed by atoms with Crippen molar-refractivity contribution in [1.29, 1.82) is 0 Å². The van der Waals surface area contributed by atoms with Gasteiger partial charge in [-0.2, -0.15) is 10.1 Å². The number of carboxylic acid groups (broad SMARTS) is 1. The number of nitrogens with zero attached hydrogens (tertiary/aromatic N) is 2. The van der Waals surface area contributed by atoms with Crippen molar-refractivity contribution in [3.63, 3.8) is 0 Å². The zero-order valence-electron chi connectivity index (χ0n) is 15.6. The lowest BCUT2D eigenvalue weighted by Gasteiger charge is -2.18. The smallest absolute Gasteiger partial charge is 0.335 e. The Balaban J connectivity index is 1.66. The molecule has 2 aromatic carbocycles. The standard InChI is InChI=1S/C21H18N2O6/c1-27-12-17-16(10-13-2-7-18-19(11-13)29-9-8-28-18)20(24)23(22-17)15-5-3-14(4-6-15)21(25)26/h2-7,10-11H,8-9,12H2,1H3,(H,25,26)/b16-10-. The van der Waals surface area contributed by atoms with Gasteiger partial charge in [-0.15, -0.1) is 0 Å². The van der Waals surface area contributed by atoms with Crippen molar-refractivity contribution in [2.75, 3.05) is 31.9 Å². The summed E-state index contributed by atoms with van der Waals surface area (Å²) in [5.74, 6) is -0.0634. The van der Waals surface area contributed by atoms with Gasteiger partial charge in [0.2, 0.25) is 0 Å². The molecule has 0 unspecified atom stereocenters. The van der Waals surface area contributed by atoms with Crippen molar-refractivity contribution < 1.29 is 28.9 Å². The van der Waals surface area contributed by atoms with Gasteiger partial charge in [-0.3, -0.25) is 4.79 Å². The molecule has 148 valence electrons. The molecule has 4 rings (SSSR count). The number of hydrogen-bond donors (Lipinski definition) is 1. The van der Waals surface area contributed by atoms with Crippen molar-refractivity contribution in [2.24, 2.45) is 5.10 Å². The van der Waals surface area contributed by atoms with Crippen LogP contribution in [0.4, 0.5) is 5.69 Å². The topological polar surface area (TPSA) is 97.7 Å². The summed E-state index contributed by atoms with van der Waals surface area (Å²) < 4.78 is 16.3. The number of ether oxygens (including phenoxy) is 3. The molecule has 1 amide bonds. The van der Waals surface area contributed by atoms with Crippen LogP contribution in [0, 0.1) is 0 Å². The van der Waals surface area contributed by atoms with Crippen LogP contribution in [0.15, 0.2) is 53.1 Å². The quantitative estimate of drug-likeness (QED) is 0.783. The number of aromatic carboxylic acids is 1. The maximum absolute atomic E-state index is 13.0. The van der Waals surface area contributed by atoms with Crippen LogP contribution in [0.5, 0.6) is 11.5 Å². The van der Waals surface area contributed by atoms with E-state index in [-0.39, 0.29) is 18.1 Å². The van der Waals surface area contributed by atoms with Crippen LogP contribution in [0.2, 0.25) is 0 Å². The fourth-order valence-corrected chi connectivity index (χ4v) is 3.08.